The summed E-state index contributed by atoms with van der Waals surface area (Å²) in [6, 6.07) is 23.3. The molecule has 0 aliphatic carbocycles. The third-order valence-electron chi connectivity index (χ3n) is 4.57. The molecule has 0 spiro atoms. The number of para-hydroxylation sites is 1. The summed E-state index contributed by atoms with van der Waals surface area (Å²) in [5, 5.41) is 3.57. The van der Waals surface area contributed by atoms with Crippen LogP contribution in [0.3, 0.4) is 0 Å². The van der Waals surface area contributed by atoms with Crippen molar-refractivity contribution in [2.45, 2.75) is 18.9 Å². The number of nitrogens with one attached hydrogen (secondary N) is 1. The van der Waals surface area contributed by atoms with Crippen molar-refractivity contribution in [1.82, 2.24) is 9.97 Å². The van der Waals surface area contributed by atoms with Crippen LogP contribution in [-0.2, 0) is 6.42 Å². The van der Waals surface area contributed by atoms with Crippen molar-refractivity contribution in [2.75, 3.05) is 23.3 Å². The second kappa shape index (κ2) is 7.34. The Kier molecular flexibility index (Phi) is 4.59. The molecule has 1 fully saturated rings. The molecule has 0 amide bonds. The number of benzene rings is 2. The average Bonchev–Trinajstić information content (AvgIpc) is 3.12. The molecule has 4 nitrogen and oxygen atoms in total. The fourth-order valence-electron chi connectivity index (χ4n) is 3.30. The molecule has 25 heavy (non-hydrogen) atoms. The molecule has 1 aliphatic rings. The van der Waals surface area contributed by atoms with E-state index in [0.717, 1.165) is 37.6 Å². The van der Waals surface area contributed by atoms with Gasteiger partial charge in [0.1, 0.15) is 11.6 Å². The second-order valence-electron chi connectivity index (χ2n) is 6.43. The minimum atomic E-state index is 0.416. The Morgan fingerprint density at radius 3 is 2.52 bits per heavy atom. The van der Waals surface area contributed by atoms with Gasteiger partial charge in [-0.3, -0.25) is 0 Å². The van der Waals surface area contributed by atoms with Crippen LogP contribution in [0.4, 0.5) is 11.5 Å². The number of aromatic nitrogens is 2. The molecule has 3 aromatic rings. The Labute approximate surface area is 148 Å². The predicted octanol–water partition coefficient (Wildman–Crippen LogP) is 3.76. The van der Waals surface area contributed by atoms with E-state index in [1.54, 1.807) is 0 Å². The molecule has 2 heterocycles. The van der Waals surface area contributed by atoms with E-state index in [4.69, 9.17) is 0 Å². The van der Waals surface area contributed by atoms with Crippen molar-refractivity contribution in [3.05, 3.63) is 84.3 Å². The number of hydrogen-bond acceptors (Lipinski definition) is 4. The van der Waals surface area contributed by atoms with Crippen molar-refractivity contribution in [1.29, 1.82) is 0 Å². The van der Waals surface area contributed by atoms with Crippen molar-refractivity contribution in [3.8, 4) is 0 Å². The highest BCUT2D eigenvalue weighted by atomic mass is 15.2. The van der Waals surface area contributed by atoms with E-state index in [0.29, 0.717) is 6.04 Å². The molecular formula is C21H22N4. The Bertz CT molecular complexity index is 804. The van der Waals surface area contributed by atoms with Crippen molar-refractivity contribution >= 4 is 11.5 Å². The van der Waals surface area contributed by atoms with Gasteiger partial charge in [0.25, 0.3) is 0 Å². The minimum absolute atomic E-state index is 0.416. The van der Waals surface area contributed by atoms with Crippen molar-refractivity contribution in [3.63, 3.8) is 0 Å². The van der Waals surface area contributed by atoms with Gasteiger partial charge in [-0.25, -0.2) is 9.97 Å². The van der Waals surface area contributed by atoms with Crippen LogP contribution < -0.4 is 10.2 Å². The van der Waals surface area contributed by atoms with E-state index < -0.39 is 0 Å². The van der Waals surface area contributed by atoms with Crippen LogP contribution in [0, 0.1) is 0 Å². The minimum Gasteiger partial charge on any atom is -0.369 e. The number of hydrogen-bond donors (Lipinski definition) is 1. The zero-order valence-corrected chi connectivity index (χ0v) is 14.2. The molecule has 1 unspecified atom stereocenters. The molecule has 0 bridgehead atoms. The summed E-state index contributed by atoms with van der Waals surface area (Å²) in [6.07, 6.45) is 3.72. The molecule has 126 valence electrons. The highest BCUT2D eigenvalue weighted by Gasteiger charge is 2.22. The van der Waals surface area contributed by atoms with E-state index in [1.807, 2.05) is 30.5 Å². The van der Waals surface area contributed by atoms with Gasteiger partial charge >= 0.3 is 0 Å². The molecule has 2 aromatic carbocycles. The van der Waals surface area contributed by atoms with Gasteiger partial charge in [0.15, 0.2) is 0 Å². The normalized spacial score (nSPS) is 16.8. The smallest absolute Gasteiger partial charge is 0.135 e. The molecule has 4 heteroatoms. The SMILES string of the molecule is c1ccc(Cc2nccc(NC3CCN(c4ccccc4)C3)n2)cc1. The van der Waals surface area contributed by atoms with Crippen LogP contribution in [0.15, 0.2) is 72.9 Å². The average molecular weight is 330 g/mol. The van der Waals surface area contributed by atoms with Crippen LogP contribution in [0.2, 0.25) is 0 Å². The molecular weight excluding hydrogens is 308 g/mol. The third kappa shape index (κ3) is 3.97. The lowest BCUT2D eigenvalue weighted by molar-refractivity contribution is 0.795. The van der Waals surface area contributed by atoms with E-state index in [-0.39, 0.29) is 0 Å². The molecule has 1 aromatic heterocycles. The maximum absolute atomic E-state index is 4.69. The Balaban J connectivity index is 1.39. The van der Waals surface area contributed by atoms with Gasteiger partial charge in [0, 0.05) is 37.4 Å². The number of rotatable bonds is 5. The fourth-order valence-corrected chi connectivity index (χ4v) is 3.30. The first-order valence-electron chi connectivity index (χ1n) is 8.79. The fraction of sp³-hybridized carbons (Fsp3) is 0.238. The van der Waals surface area contributed by atoms with Gasteiger partial charge in [0.05, 0.1) is 0 Å². The van der Waals surface area contributed by atoms with Crippen LogP contribution in [0.25, 0.3) is 0 Å². The predicted molar refractivity (Wildman–Crippen MR) is 102 cm³/mol. The zero-order chi connectivity index (χ0) is 16.9. The number of nitrogens with zero attached hydrogens (tertiary/aromatic N) is 3. The molecule has 1 atom stereocenters. The standard InChI is InChI=1S/C21H22N4/c1-3-7-17(8-4-1)15-21-22-13-11-20(24-21)23-18-12-14-25(16-18)19-9-5-2-6-10-19/h1-11,13,18H,12,14-16H2,(H,22,23,24). The summed E-state index contributed by atoms with van der Waals surface area (Å²) >= 11 is 0. The van der Waals surface area contributed by atoms with E-state index >= 15 is 0 Å². The number of anilines is 2. The molecule has 1 aliphatic heterocycles. The molecule has 1 N–H and O–H groups in total. The third-order valence-corrected chi connectivity index (χ3v) is 4.57. The van der Waals surface area contributed by atoms with Gasteiger partial charge in [-0.15, -0.1) is 0 Å². The Hall–Kier alpha value is -2.88. The van der Waals surface area contributed by atoms with Crippen LogP contribution in [0.1, 0.15) is 17.8 Å². The van der Waals surface area contributed by atoms with Crippen LogP contribution in [-0.4, -0.2) is 29.1 Å². The first-order chi connectivity index (χ1) is 12.4. The summed E-state index contributed by atoms with van der Waals surface area (Å²) in [7, 11) is 0. The van der Waals surface area contributed by atoms with Gasteiger partial charge in [0.2, 0.25) is 0 Å². The molecule has 0 radical (unpaired) electrons. The van der Waals surface area contributed by atoms with Gasteiger partial charge in [-0.2, -0.15) is 0 Å². The summed E-state index contributed by atoms with van der Waals surface area (Å²) in [5.74, 6) is 1.77. The van der Waals surface area contributed by atoms with Gasteiger partial charge < -0.3 is 10.2 Å². The van der Waals surface area contributed by atoms with Crippen LogP contribution >= 0.6 is 0 Å². The van der Waals surface area contributed by atoms with Crippen LogP contribution in [0.5, 0.6) is 0 Å². The van der Waals surface area contributed by atoms with E-state index in [9.17, 15) is 0 Å². The summed E-state index contributed by atoms with van der Waals surface area (Å²) in [6.45, 7) is 2.08. The Morgan fingerprint density at radius 2 is 1.72 bits per heavy atom. The largest absolute Gasteiger partial charge is 0.369 e. The topological polar surface area (TPSA) is 41.1 Å². The lowest BCUT2D eigenvalue weighted by Gasteiger charge is -2.19. The first kappa shape index (κ1) is 15.6. The molecule has 4 rings (SSSR count). The van der Waals surface area contributed by atoms with Crippen molar-refractivity contribution < 1.29 is 0 Å². The second-order valence-corrected chi connectivity index (χ2v) is 6.43. The van der Waals surface area contributed by atoms with Gasteiger partial charge in [-0.05, 0) is 30.2 Å². The molecule has 0 saturated carbocycles. The van der Waals surface area contributed by atoms with E-state index in [2.05, 4.69) is 62.6 Å². The highest BCUT2D eigenvalue weighted by Crippen LogP contribution is 2.21. The van der Waals surface area contributed by atoms with E-state index in [1.165, 1.54) is 11.3 Å². The maximum atomic E-state index is 4.69. The summed E-state index contributed by atoms with van der Waals surface area (Å²) in [5.41, 5.74) is 2.52. The first-order valence-corrected chi connectivity index (χ1v) is 8.79. The van der Waals surface area contributed by atoms with Gasteiger partial charge in [-0.1, -0.05) is 48.5 Å². The Morgan fingerprint density at radius 1 is 0.960 bits per heavy atom. The highest BCUT2D eigenvalue weighted by molar-refractivity contribution is 5.48. The lowest BCUT2D eigenvalue weighted by Crippen LogP contribution is -2.26. The molecule has 1 saturated heterocycles. The summed E-state index contributed by atoms with van der Waals surface area (Å²) in [4.78, 5) is 11.5. The summed E-state index contributed by atoms with van der Waals surface area (Å²) < 4.78 is 0. The lowest BCUT2D eigenvalue weighted by atomic mass is 10.1. The zero-order valence-electron chi connectivity index (χ0n) is 14.2. The van der Waals surface area contributed by atoms with Crippen molar-refractivity contribution in [2.24, 2.45) is 0 Å². The monoisotopic (exact) mass is 330 g/mol. The maximum Gasteiger partial charge on any atom is 0.135 e. The quantitative estimate of drug-likeness (QED) is 0.773.